The highest BCUT2D eigenvalue weighted by Crippen LogP contribution is 2.36. The third-order valence-corrected chi connectivity index (χ3v) is 3.89. The molecule has 0 aromatic heterocycles. The Bertz CT molecular complexity index is 611. The smallest absolute Gasteiger partial charge is 0.416 e. The van der Waals surface area contributed by atoms with Crippen molar-refractivity contribution >= 4 is 11.8 Å². The summed E-state index contributed by atoms with van der Waals surface area (Å²) in [6.07, 6.45) is -4.38. The van der Waals surface area contributed by atoms with Gasteiger partial charge in [-0.1, -0.05) is 11.8 Å². The summed E-state index contributed by atoms with van der Waals surface area (Å²) in [5.41, 5.74) is 4.84. The fourth-order valence-corrected chi connectivity index (χ4v) is 2.74. The van der Waals surface area contributed by atoms with Gasteiger partial charge >= 0.3 is 6.18 Å². The molecule has 0 aliphatic carbocycles. The number of ether oxygens (including phenoxy) is 1. The number of halogens is 3. The van der Waals surface area contributed by atoms with Crippen molar-refractivity contribution in [1.82, 2.24) is 0 Å². The van der Waals surface area contributed by atoms with Crippen LogP contribution in [0.15, 0.2) is 52.3 Å². The molecule has 0 aliphatic rings. The fraction of sp³-hybridized carbons (Fsp3) is 0.200. The Kier molecular flexibility index (Phi) is 4.80. The Morgan fingerprint density at radius 3 is 2.19 bits per heavy atom. The number of hydrogen-bond acceptors (Lipinski definition) is 3. The van der Waals surface area contributed by atoms with E-state index in [4.69, 9.17) is 10.5 Å². The molecule has 2 N–H and O–H groups in total. The zero-order valence-corrected chi connectivity index (χ0v) is 12.1. The van der Waals surface area contributed by atoms with E-state index in [0.29, 0.717) is 4.90 Å². The van der Waals surface area contributed by atoms with Gasteiger partial charge in [0, 0.05) is 16.3 Å². The normalized spacial score (nSPS) is 11.5. The van der Waals surface area contributed by atoms with Crippen molar-refractivity contribution in [3.63, 3.8) is 0 Å². The Morgan fingerprint density at radius 1 is 1.05 bits per heavy atom. The molecule has 0 heterocycles. The summed E-state index contributed by atoms with van der Waals surface area (Å²) in [4.78, 5) is 1.63. The van der Waals surface area contributed by atoms with Gasteiger partial charge in [0.15, 0.2) is 0 Å². The predicted molar refractivity (Wildman–Crippen MR) is 76.5 cm³/mol. The SMILES string of the molecule is COc1ccc(Sc2ccc(C(F)(F)F)c(CN)c2)cc1. The van der Waals surface area contributed by atoms with Gasteiger partial charge in [0.25, 0.3) is 0 Å². The molecular weight excluding hydrogens is 299 g/mol. The highest BCUT2D eigenvalue weighted by molar-refractivity contribution is 7.99. The lowest BCUT2D eigenvalue weighted by Gasteiger charge is -2.13. The molecule has 0 amide bonds. The van der Waals surface area contributed by atoms with Gasteiger partial charge in [0.05, 0.1) is 12.7 Å². The summed E-state index contributed by atoms with van der Waals surface area (Å²) in [5.74, 6) is 0.731. The first-order chi connectivity index (χ1) is 9.94. The molecular formula is C15H14F3NOS. The molecule has 0 saturated heterocycles. The predicted octanol–water partition coefficient (Wildman–Crippen LogP) is 4.32. The van der Waals surface area contributed by atoms with Crippen molar-refractivity contribution in [3.8, 4) is 5.75 Å². The highest BCUT2D eigenvalue weighted by Gasteiger charge is 2.32. The average molecular weight is 313 g/mol. The number of hydrogen-bond donors (Lipinski definition) is 1. The van der Waals surface area contributed by atoms with Crippen molar-refractivity contribution in [1.29, 1.82) is 0 Å². The third-order valence-electron chi connectivity index (χ3n) is 2.90. The van der Waals surface area contributed by atoms with Gasteiger partial charge in [-0.15, -0.1) is 0 Å². The molecule has 2 nitrogen and oxygen atoms in total. The van der Waals surface area contributed by atoms with Crippen molar-refractivity contribution < 1.29 is 17.9 Å². The van der Waals surface area contributed by atoms with Crippen LogP contribution in [0.25, 0.3) is 0 Å². The molecule has 2 aromatic carbocycles. The molecule has 0 radical (unpaired) electrons. The topological polar surface area (TPSA) is 35.2 Å². The molecule has 0 fully saturated rings. The van der Waals surface area contributed by atoms with E-state index in [1.54, 1.807) is 19.2 Å². The van der Waals surface area contributed by atoms with E-state index in [1.165, 1.54) is 23.9 Å². The van der Waals surface area contributed by atoms with Crippen LogP contribution in [0, 0.1) is 0 Å². The Morgan fingerprint density at radius 2 is 1.67 bits per heavy atom. The van der Waals surface area contributed by atoms with Crippen molar-refractivity contribution in [2.45, 2.75) is 22.5 Å². The van der Waals surface area contributed by atoms with E-state index in [-0.39, 0.29) is 12.1 Å². The van der Waals surface area contributed by atoms with Gasteiger partial charge in [0.1, 0.15) is 5.75 Å². The number of alkyl halides is 3. The van der Waals surface area contributed by atoms with E-state index in [1.807, 2.05) is 12.1 Å². The number of nitrogens with two attached hydrogens (primary N) is 1. The fourth-order valence-electron chi connectivity index (χ4n) is 1.86. The monoisotopic (exact) mass is 313 g/mol. The lowest BCUT2D eigenvalue weighted by molar-refractivity contribution is -0.138. The molecule has 6 heteroatoms. The molecule has 2 rings (SSSR count). The second-order valence-electron chi connectivity index (χ2n) is 4.30. The van der Waals surface area contributed by atoms with Crippen LogP contribution in [0.2, 0.25) is 0 Å². The Balaban J connectivity index is 2.24. The average Bonchev–Trinajstić information content (AvgIpc) is 2.46. The molecule has 112 valence electrons. The quantitative estimate of drug-likeness (QED) is 0.913. The van der Waals surface area contributed by atoms with E-state index in [2.05, 4.69) is 0 Å². The number of rotatable bonds is 4. The second-order valence-corrected chi connectivity index (χ2v) is 5.45. The molecule has 0 saturated carbocycles. The molecule has 0 bridgehead atoms. The van der Waals surface area contributed by atoms with Gasteiger partial charge in [0.2, 0.25) is 0 Å². The summed E-state index contributed by atoms with van der Waals surface area (Å²) in [7, 11) is 1.57. The van der Waals surface area contributed by atoms with Crippen LogP contribution < -0.4 is 10.5 Å². The van der Waals surface area contributed by atoms with Crippen molar-refractivity contribution in [2.24, 2.45) is 5.73 Å². The van der Waals surface area contributed by atoms with Crippen LogP contribution in [-0.2, 0) is 12.7 Å². The van der Waals surface area contributed by atoms with E-state index in [9.17, 15) is 13.2 Å². The van der Waals surface area contributed by atoms with Crippen LogP contribution in [0.3, 0.4) is 0 Å². The van der Waals surface area contributed by atoms with Gasteiger partial charge in [-0.2, -0.15) is 13.2 Å². The van der Waals surface area contributed by atoms with E-state index < -0.39 is 11.7 Å². The minimum absolute atomic E-state index is 0.0982. The van der Waals surface area contributed by atoms with Crippen LogP contribution in [0.4, 0.5) is 13.2 Å². The third kappa shape index (κ3) is 3.92. The first-order valence-electron chi connectivity index (χ1n) is 6.16. The first-order valence-corrected chi connectivity index (χ1v) is 6.98. The lowest BCUT2D eigenvalue weighted by Crippen LogP contribution is -2.11. The lowest BCUT2D eigenvalue weighted by atomic mass is 10.1. The van der Waals surface area contributed by atoms with Crippen LogP contribution >= 0.6 is 11.8 Å². The first kappa shape index (κ1) is 15.7. The zero-order valence-electron chi connectivity index (χ0n) is 11.3. The van der Waals surface area contributed by atoms with E-state index in [0.717, 1.165) is 16.7 Å². The summed E-state index contributed by atoms with van der Waals surface area (Å²) in [6, 6.07) is 11.3. The van der Waals surface area contributed by atoms with Crippen molar-refractivity contribution in [3.05, 3.63) is 53.6 Å². The summed E-state index contributed by atoms with van der Waals surface area (Å²) in [5, 5.41) is 0. The molecule has 2 aromatic rings. The van der Waals surface area contributed by atoms with Gasteiger partial charge in [-0.25, -0.2) is 0 Å². The van der Waals surface area contributed by atoms with Crippen LogP contribution in [0.5, 0.6) is 5.75 Å². The summed E-state index contributed by atoms with van der Waals surface area (Å²) in [6.45, 7) is -0.147. The maximum Gasteiger partial charge on any atom is 0.416 e. The largest absolute Gasteiger partial charge is 0.497 e. The molecule has 0 atom stereocenters. The summed E-state index contributed by atoms with van der Waals surface area (Å²) < 4.78 is 43.5. The number of benzene rings is 2. The highest BCUT2D eigenvalue weighted by atomic mass is 32.2. The minimum atomic E-state index is -4.38. The van der Waals surface area contributed by atoms with E-state index >= 15 is 0 Å². The van der Waals surface area contributed by atoms with Crippen LogP contribution in [0.1, 0.15) is 11.1 Å². The maximum absolute atomic E-state index is 12.8. The Labute approximate surface area is 125 Å². The standard InChI is InChI=1S/C15H14F3NOS/c1-20-11-2-4-12(5-3-11)21-13-6-7-14(15(16,17)18)10(8-13)9-19/h2-8H,9,19H2,1H3. The molecule has 0 aliphatic heterocycles. The van der Waals surface area contributed by atoms with Crippen molar-refractivity contribution in [2.75, 3.05) is 7.11 Å². The van der Waals surface area contributed by atoms with Gasteiger partial charge < -0.3 is 10.5 Å². The van der Waals surface area contributed by atoms with Crippen LogP contribution in [-0.4, -0.2) is 7.11 Å². The Hall–Kier alpha value is -1.66. The maximum atomic E-state index is 12.8. The van der Waals surface area contributed by atoms with Gasteiger partial charge in [-0.3, -0.25) is 0 Å². The molecule has 21 heavy (non-hydrogen) atoms. The molecule has 0 unspecified atom stereocenters. The minimum Gasteiger partial charge on any atom is -0.497 e. The second kappa shape index (κ2) is 6.41. The van der Waals surface area contributed by atoms with Gasteiger partial charge in [-0.05, 0) is 48.0 Å². The zero-order chi connectivity index (χ0) is 15.5. The summed E-state index contributed by atoms with van der Waals surface area (Å²) >= 11 is 1.38. The molecule has 0 spiro atoms. The number of methoxy groups -OCH3 is 1.